The topological polar surface area (TPSA) is 65.1 Å². The molecule has 6 heteroatoms. The van der Waals surface area contributed by atoms with Crippen molar-refractivity contribution in [2.75, 3.05) is 40.0 Å². The fraction of sp³-hybridized carbons (Fsp3) is 0.556. The van der Waals surface area contributed by atoms with E-state index in [1.165, 1.54) is 0 Å². The molecule has 0 aliphatic heterocycles. The molecule has 0 saturated carbocycles. The molecule has 1 amide bonds. The second-order valence-corrected chi connectivity index (χ2v) is 5.42. The van der Waals surface area contributed by atoms with Gasteiger partial charge in [0.15, 0.2) is 6.61 Å². The molecule has 0 unspecified atom stereocenters. The van der Waals surface area contributed by atoms with E-state index < -0.39 is 0 Å². The monoisotopic (exact) mass is 337 g/mol. The van der Waals surface area contributed by atoms with E-state index in [2.05, 4.69) is 0 Å². The van der Waals surface area contributed by atoms with Gasteiger partial charge in [-0.1, -0.05) is 12.1 Å². The van der Waals surface area contributed by atoms with Crippen LogP contribution in [0.1, 0.15) is 24.5 Å². The average molecular weight is 337 g/mol. The van der Waals surface area contributed by atoms with Gasteiger partial charge in [0, 0.05) is 20.2 Å². The van der Waals surface area contributed by atoms with E-state index in [-0.39, 0.29) is 31.4 Å². The van der Waals surface area contributed by atoms with Gasteiger partial charge in [0.05, 0.1) is 19.6 Å². The molecule has 0 spiro atoms. The maximum Gasteiger partial charge on any atom is 0.307 e. The lowest BCUT2D eigenvalue weighted by Crippen LogP contribution is -2.38. The van der Waals surface area contributed by atoms with Crippen LogP contribution in [0.2, 0.25) is 0 Å². The largest absolute Gasteiger partial charge is 0.483 e. The van der Waals surface area contributed by atoms with Gasteiger partial charge in [-0.05, 0) is 38.0 Å². The lowest BCUT2D eigenvalue weighted by molar-refractivity contribution is -0.144. The molecule has 1 rings (SSSR count). The van der Waals surface area contributed by atoms with Crippen LogP contribution in [0.15, 0.2) is 18.2 Å². The van der Waals surface area contributed by atoms with Crippen molar-refractivity contribution in [2.45, 2.75) is 27.2 Å². The second kappa shape index (κ2) is 10.6. The lowest BCUT2D eigenvalue weighted by Gasteiger charge is -2.22. The molecule has 0 fully saturated rings. The summed E-state index contributed by atoms with van der Waals surface area (Å²) in [6.45, 7) is 7.06. The van der Waals surface area contributed by atoms with E-state index in [1.54, 1.807) is 18.9 Å². The van der Waals surface area contributed by atoms with Crippen LogP contribution >= 0.6 is 0 Å². The number of benzene rings is 1. The van der Waals surface area contributed by atoms with Crippen molar-refractivity contribution in [1.82, 2.24) is 4.90 Å². The van der Waals surface area contributed by atoms with Gasteiger partial charge >= 0.3 is 5.97 Å². The normalized spacial score (nSPS) is 10.3. The second-order valence-electron chi connectivity index (χ2n) is 5.42. The first-order chi connectivity index (χ1) is 11.5. The molecule has 0 atom stereocenters. The number of hydrogen-bond donors (Lipinski definition) is 0. The Morgan fingerprint density at radius 1 is 1.17 bits per heavy atom. The maximum absolute atomic E-state index is 12.4. The van der Waals surface area contributed by atoms with Crippen molar-refractivity contribution < 1.29 is 23.8 Å². The van der Waals surface area contributed by atoms with Crippen LogP contribution in [-0.2, 0) is 19.1 Å². The lowest BCUT2D eigenvalue weighted by atomic mass is 10.1. The summed E-state index contributed by atoms with van der Waals surface area (Å²) in [4.78, 5) is 25.4. The van der Waals surface area contributed by atoms with Gasteiger partial charge in [-0.2, -0.15) is 0 Å². The van der Waals surface area contributed by atoms with Crippen molar-refractivity contribution in [3.05, 3.63) is 29.3 Å². The predicted molar refractivity (Wildman–Crippen MR) is 91.1 cm³/mol. The van der Waals surface area contributed by atoms with Gasteiger partial charge in [0.2, 0.25) is 0 Å². The minimum atomic E-state index is -0.317. The first-order valence-corrected chi connectivity index (χ1v) is 8.11. The maximum atomic E-state index is 12.4. The molecule has 0 bridgehead atoms. The summed E-state index contributed by atoms with van der Waals surface area (Å²) in [7, 11) is 1.57. The molecule has 0 heterocycles. The van der Waals surface area contributed by atoms with Crippen molar-refractivity contribution in [1.29, 1.82) is 0 Å². The summed E-state index contributed by atoms with van der Waals surface area (Å²) < 4.78 is 15.6. The van der Waals surface area contributed by atoms with Crippen molar-refractivity contribution in [2.24, 2.45) is 0 Å². The Labute approximate surface area is 143 Å². The number of aryl methyl sites for hydroxylation is 1. The summed E-state index contributed by atoms with van der Waals surface area (Å²) in [6.07, 6.45) is 0.159. The number of methoxy groups -OCH3 is 1. The Kier molecular flexibility index (Phi) is 8.86. The summed E-state index contributed by atoms with van der Waals surface area (Å²) in [5.74, 6) is 0.195. The van der Waals surface area contributed by atoms with Gasteiger partial charge in [0.25, 0.3) is 5.91 Å². The average Bonchev–Trinajstić information content (AvgIpc) is 2.56. The van der Waals surface area contributed by atoms with Crippen LogP contribution in [-0.4, -0.2) is 56.8 Å². The molecule has 0 aliphatic carbocycles. The quantitative estimate of drug-likeness (QED) is 0.612. The van der Waals surface area contributed by atoms with Gasteiger partial charge in [-0.3, -0.25) is 9.59 Å². The third kappa shape index (κ3) is 6.58. The molecule has 24 heavy (non-hydrogen) atoms. The molecule has 0 aliphatic rings. The minimum Gasteiger partial charge on any atom is -0.483 e. The molecule has 0 radical (unpaired) electrons. The highest BCUT2D eigenvalue weighted by atomic mass is 16.5. The summed E-state index contributed by atoms with van der Waals surface area (Å²) in [5, 5.41) is 0. The molecular formula is C18H27NO5. The van der Waals surface area contributed by atoms with Crippen LogP contribution in [0.3, 0.4) is 0 Å². The smallest absolute Gasteiger partial charge is 0.307 e. The Morgan fingerprint density at radius 3 is 2.58 bits per heavy atom. The minimum absolute atomic E-state index is 0.0726. The number of rotatable bonds is 10. The van der Waals surface area contributed by atoms with Gasteiger partial charge < -0.3 is 19.1 Å². The number of ether oxygens (including phenoxy) is 3. The highest BCUT2D eigenvalue weighted by Crippen LogP contribution is 2.20. The third-order valence-corrected chi connectivity index (χ3v) is 3.72. The number of nitrogens with zero attached hydrogens (tertiary/aromatic N) is 1. The summed E-state index contributed by atoms with van der Waals surface area (Å²) in [5.41, 5.74) is 2.12. The number of carbonyl (C=O) groups is 2. The zero-order valence-electron chi connectivity index (χ0n) is 15.0. The number of esters is 1. The van der Waals surface area contributed by atoms with Crippen LogP contribution in [0, 0.1) is 13.8 Å². The van der Waals surface area contributed by atoms with E-state index in [4.69, 9.17) is 14.2 Å². The van der Waals surface area contributed by atoms with Gasteiger partial charge in [-0.25, -0.2) is 0 Å². The zero-order chi connectivity index (χ0) is 17.9. The van der Waals surface area contributed by atoms with Crippen LogP contribution < -0.4 is 4.74 Å². The third-order valence-electron chi connectivity index (χ3n) is 3.72. The highest BCUT2D eigenvalue weighted by Gasteiger charge is 2.16. The molecule has 134 valence electrons. The fourth-order valence-corrected chi connectivity index (χ4v) is 2.13. The fourth-order valence-electron chi connectivity index (χ4n) is 2.13. The summed E-state index contributed by atoms with van der Waals surface area (Å²) >= 11 is 0. The molecule has 0 N–H and O–H groups in total. The molecule has 1 aromatic rings. The molecular weight excluding hydrogens is 310 g/mol. The van der Waals surface area contributed by atoms with Crippen LogP contribution in [0.4, 0.5) is 0 Å². The summed E-state index contributed by atoms with van der Waals surface area (Å²) in [6, 6.07) is 5.73. The Bertz CT molecular complexity index is 544. The van der Waals surface area contributed by atoms with E-state index in [0.717, 1.165) is 11.1 Å². The highest BCUT2D eigenvalue weighted by molar-refractivity contribution is 5.78. The zero-order valence-corrected chi connectivity index (χ0v) is 15.0. The van der Waals surface area contributed by atoms with E-state index in [9.17, 15) is 9.59 Å². The standard InChI is InChI=1S/C18H27NO5/c1-5-23-18(21)9-10-19(11-12-22-4)17(20)13-24-16-8-6-7-14(2)15(16)3/h6-8H,5,9-13H2,1-4H3. The predicted octanol–water partition coefficient (Wildman–Crippen LogP) is 2.11. The first kappa shape index (κ1) is 20.0. The van der Waals surface area contributed by atoms with Gasteiger partial charge in [0.1, 0.15) is 5.75 Å². The molecule has 6 nitrogen and oxygen atoms in total. The number of hydrogen-bond acceptors (Lipinski definition) is 5. The van der Waals surface area contributed by atoms with Crippen LogP contribution in [0.5, 0.6) is 5.75 Å². The van der Waals surface area contributed by atoms with Gasteiger partial charge in [-0.15, -0.1) is 0 Å². The Balaban J connectivity index is 2.59. The SMILES string of the molecule is CCOC(=O)CCN(CCOC)C(=O)COc1cccc(C)c1C. The number of carbonyl (C=O) groups excluding carboxylic acids is 2. The van der Waals surface area contributed by atoms with E-state index in [1.807, 2.05) is 32.0 Å². The van der Waals surface area contributed by atoms with Crippen LogP contribution in [0.25, 0.3) is 0 Å². The van der Waals surface area contributed by atoms with Crippen molar-refractivity contribution in [3.8, 4) is 5.75 Å². The Hall–Kier alpha value is -2.08. The van der Waals surface area contributed by atoms with E-state index in [0.29, 0.717) is 25.5 Å². The number of amides is 1. The van der Waals surface area contributed by atoms with Crippen molar-refractivity contribution in [3.63, 3.8) is 0 Å². The first-order valence-electron chi connectivity index (χ1n) is 8.11. The van der Waals surface area contributed by atoms with Crippen molar-refractivity contribution >= 4 is 11.9 Å². The Morgan fingerprint density at radius 2 is 1.92 bits per heavy atom. The molecule has 0 saturated heterocycles. The molecule has 0 aromatic heterocycles. The van der Waals surface area contributed by atoms with E-state index >= 15 is 0 Å². The molecule has 1 aromatic carbocycles.